The van der Waals surface area contributed by atoms with Gasteiger partial charge in [0.2, 0.25) is 0 Å². The summed E-state index contributed by atoms with van der Waals surface area (Å²) in [5.74, 6) is -0.0349. The van der Waals surface area contributed by atoms with Crippen LogP contribution in [0, 0.1) is 11.8 Å². The van der Waals surface area contributed by atoms with E-state index in [2.05, 4.69) is 0 Å². The molecular formula is C22H38O6. The van der Waals surface area contributed by atoms with E-state index >= 15 is 0 Å². The SMILES string of the molecule is CC[C@H]1O[C@@H](OCCCCC2CCCCC2)[C@H](OC(C)=O)[C@@H](OC(C)=O)[C@@H]1C. The molecule has 1 aliphatic heterocycles. The minimum absolute atomic E-state index is 0.0793. The van der Waals surface area contributed by atoms with Gasteiger partial charge in [-0.15, -0.1) is 0 Å². The smallest absolute Gasteiger partial charge is 0.303 e. The third-order valence-corrected chi connectivity index (χ3v) is 6.03. The maximum Gasteiger partial charge on any atom is 0.303 e. The zero-order valence-electron chi connectivity index (χ0n) is 18.0. The quantitative estimate of drug-likeness (QED) is 0.424. The summed E-state index contributed by atoms with van der Waals surface area (Å²) in [5.41, 5.74) is 0. The Morgan fingerprint density at radius 3 is 2.21 bits per heavy atom. The lowest BCUT2D eigenvalue weighted by molar-refractivity contribution is -0.290. The lowest BCUT2D eigenvalue weighted by atomic mass is 9.86. The highest BCUT2D eigenvalue weighted by atomic mass is 16.7. The molecule has 0 unspecified atom stereocenters. The molecule has 2 fully saturated rings. The fourth-order valence-corrected chi connectivity index (χ4v) is 4.53. The predicted octanol–water partition coefficient (Wildman–Crippen LogP) is 4.39. The van der Waals surface area contributed by atoms with Crippen molar-refractivity contribution in [1.29, 1.82) is 0 Å². The van der Waals surface area contributed by atoms with Crippen molar-refractivity contribution in [3.63, 3.8) is 0 Å². The van der Waals surface area contributed by atoms with E-state index in [0.717, 1.165) is 25.2 Å². The van der Waals surface area contributed by atoms with Crippen LogP contribution in [0.25, 0.3) is 0 Å². The molecule has 0 radical (unpaired) electrons. The molecule has 6 heteroatoms. The van der Waals surface area contributed by atoms with Crippen LogP contribution in [0.5, 0.6) is 0 Å². The fraction of sp³-hybridized carbons (Fsp3) is 0.909. The molecule has 1 heterocycles. The molecular weight excluding hydrogens is 360 g/mol. The van der Waals surface area contributed by atoms with E-state index in [0.29, 0.717) is 6.61 Å². The average Bonchev–Trinajstić information content (AvgIpc) is 2.66. The van der Waals surface area contributed by atoms with Gasteiger partial charge in [0.1, 0.15) is 6.10 Å². The van der Waals surface area contributed by atoms with Gasteiger partial charge in [-0.25, -0.2) is 0 Å². The molecule has 0 bridgehead atoms. The molecule has 2 aliphatic rings. The average molecular weight is 399 g/mol. The largest absolute Gasteiger partial charge is 0.458 e. The summed E-state index contributed by atoms with van der Waals surface area (Å²) < 4.78 is 23.0. The van der Waals surface area contributed by atoms with Crippen molar-refractivity contribution in [3.8, 4) is 0 Å². The van der Waals surface area contributed by atoms with Crippen LogP contribution in [0.3, 0.4) is 0 Å². The molecule has 1 saturated carbocycles. The number of unbranched alkanes of at least 4 members (excludes halogenated alkanes) is 1. The first-order valence-electron chi connectivity index (χ1n) is 11.0. The van der Waals surface area contributed by atoms with Gasteiger partial charge >= 0.3 is 11.9 Å². The lowest BCUT2D eigenvalue weighted by Crippen LogP contribution is -2.57. The van der Waals surface area contributed by atoms with Crippen molar-refractivity contribution in [1.82, 2.24) is 0 Å². The van der Waals surface area contributed by atoms with Crippen LogP contribution >= 0.6 is 0 Å². The van der Waals surface area contributed by atoms with Crippen molar-refractivity contribution < 1.29 is 28.5 Å². The zero-order chi connectivity index (χ0) is 20.5. The Labute approximate surface area is 169 Å². The highest BCUT2D eigenvalue weighted by Crippen LogP contribution is 2.33. The van der Waals surface area contributed by atoms with E-state index in [-0.39, 0.29) is 12.0 Å². The molecule has 28 heavy (non-hydrogen) atoms. The Bertz CT molecular complexity index is 487. The first kappa shape index (κ1) is 23.1. The van der Waals surface area contributed by atoms with E-state index in [1.165, 1.54) is 52.4 Å². The van der Waals surface area contributed by atoms with Crippen LogP contribution in [0.1, 0.15) is 85.5 Å². The number of carbonyl (C=O) groups is 2. The molecule has 0 N–H and O–H groups in total. The molecule has 0 aromatic heterocycles. The van der Waals surface area contributed by atoms with Crippen molar-refractivity contribution in [3.05, 3.63) is 0 Å². The third kappa shape index (κ3) is 7.03. The molecule has 1 saturated heterocycles. The van der Waals surface area contributed by atoms with Crippen LogP contribution < -0.4 is 0 Å². The molecule has 6 nitrogen and oxygen atoms in total. The van der Waals surface area contributed by atoms with Crippen LogP contribution in [0.4, 0.5) is 0 Å². The summed E-state index contributed by atoms with van der Waals surface area (Å²) in [6, 6.07) is 0. The predicted molar refractivity (Wildman–Crippen MR) is 106 cm³/mol. The van der Waals surface area contributed by atoms with E-state index < -0.39 is 30.4 Å². The molecule has 0 aromatic rings. The molecule has 0 spiro atoms. The second-order valence-corrected chi connectivity index (χ2v) is 8.33. The first-order valence-corrected chi connectivity index (χ1v) is 11.0. The number of hydrogen-bond acceptors (Lipinski definition) is 6. The van der Waals surface area contributed by atoms with Crippen molar-refractivity contribution in [2.45, 2.75) is 110 Å². The number of hydrogen-bond donors (Lipinski definition) is 0. The van der Waals surface area contributed by atoms with Gasteiger partial charge in [0.05, 0.1) is 6.10 Å². The van der Waals surface area contributed by atoms with Crippen LogP contribution in [-0.2, 0) is 28.5 Å². The van der Waals surface area contributed by atoms with Gasteiger partial charge in [0.15, 0.2) is 12.4 Å². The van der Waals surface area contributed by atoms with Crippen molar-refractivity contribution in [2.75, 3.05) is 6.61 Å². The Kier molecular flexibility index (Phi) is 9.72. The maximum absolute atomic E-state index is 11.6. The minimum atomic E-state index is -0.738. The maximum atomic E-state index is 11.6. The highest BCUT2D eigenvalue weighted by molar-refractivity contribution is 5.67. The second-order valence-electron chi connectivity index (χ2n) is 8.33. The van der Waals surface area contributed by atoms with E-state index in [1.807, 2.05) is 13.8 Å². The van der Waals surface area contributed by atoms with Crippen molar-refractivity contribution >= 4 is 11.9 Å². The molecule has 1 aliphatic carbocycles. The first-order chi connectivity index (χ1) is 13.4. The molecule has 2 rings (SSSR count). The number of ether oxygens (including phenoxy) is 4. The zero-order valence-corrected chi connectivity index (χ0v) is 18.0. The highest BCUT2D eigenvalue weighted by Gasteiger charge is 2.47. The van der Waals surface area contributed by atoms with Gasteiger partial charge < -0.3 is 18.9 Å². The Morgan fingerprint density at radius 2 is 1.61 bits per heavy atom. The summed E-state index contributed by atoms with van der Waals surface area (Å²) >= 11 is 0. The number of carbonyl (C=O) groups excluding carboxylic acids is 2. The van der Waals surface area contributed by atoms with Gasteiger partial charge in [-0.2, -0.15) is 0 Å². The lowest BCUT2D eigenvalue weighted by Gasteiger charge is -2.44. The molecule has 5 atom stereocenters. The Balaban J connectivity index is 1.89. The van der Waals surface area contributed by atoms with Gasteiger partial charge in [-0.3, -0.25) is 9.59 Å². The monoisotopic (exact) mass is 398 g/mol. The summed E-state index contributed by atoms with van der Waals surface area (Å²) in [5, 5.41) is 0. The van der Waals surface area contributed by atoms with Crippen LogP contribution in [0.15, 0.2) is 0 Å². The van der Waals surface area contributed by atoms with Gasteiger partial charge in [-0.1, -0.05) is 58.8 Å². The summed E-state index contributed by atoms with van der Waals surface area (Å²) in [4.78, 5) is 23.2. The Morgan fingerprint density at radius 1 is 0.964 bits per heavy atom. The van der Waals surface area contributed by atoms with Gasteiger partial charge in [0, 0.05) is 26.4 Å². The Hall–Kier alpha value is -1.14. The number of esters is 2. The topological polar surface area (TPSA) is 71.1 Å². The standard InChI is InChI=1S/C22H38O6/c1-5-19-15(2)20(26-16(3)23)21(27-17(4)24)22(28-19)25-14-10-9-13-18-11-7-6-8-12-18/h15,18-22H,5-14H2,1-4H3/t15-,19-,20+,21-,22-/m1/s1. The van der Waals surface area contributed by atoms with E-state index in [9.17, 15) is 9.59 Å². The molecule has 162 valence electrons. The van der Waals surface area contributed by atoms with Crippen LogP contribution in [0.2, 0.25) is 0 Å². The van der Waals surface area contributed by atoms with E-state index in [4.69, 9.17) is 18.9 Å². The fourth-order valence-electron chi connectivity index (χ4n) is 4.53. The third-order valence-electron chi connectivity index (χ3n) is 6.03. The van der Waals surface area contributed by atoms with Crippen molar-refractivity contribution in [2.24, 2.45) is 11.8 Å². The van der Waals surface area contributed by atoms with Crippen LogP contribution in [-0.4, -0.2) is 43.1 Å². The second kappa shape index (κ2) is 11.8. The normalized spacial score (nSPS) is 31.4. The summed E-state index contributed by atoms with van der Waals surface area (Å²) in [6.07, 6.45) is 8.85. The van der Waals surface area contributed by atoms with Gasteiger partial charge in [-0.05, 0) is 18.8 Å². The van der Waals surface area contributed by atoms with Gasteiger partial charge in [0.25, 0.3) is 0 Å². The summed E-state index contributed by atoms with van der Waals surface area (Å²) in [7, 11) is 0. The van der Waals surface area contributed by atoms with E-state index in [1.54, 1.807) is 0 Å². The minimum Gasteiger partial charge on any atom is -0.458 e. The molecule has 0 amide bonds. The summed E-state index contributed by atoms with van der Waals surface area (Å²) in [6.45, 7) is 7.25. The number of rotatable bonds is 9. The molecule has 0 aromatic carbocycles.